The number of nitrogens with zero attached hydrogens (tertiary/aromatic N) is 2. The molecular formula is C22H25N5O3S. The molecule has 9 heteroatoms. The van der Waals surface area contributed by atoms with Crippen LogP contribution in [-0.2, 0) is 9.71 Å². The average molecular weight is 440 g/mol. The first-order valence-corrected chi connectivity index (χ1v) is 11.8. The number of nitrogens with one attached hydrogen (secondary N) is 3. The molecule has 31 heavy (non-hydrogen) atoms. The predicted molar refractivity (Wildman–Crippen MR) is 125 cm³/mol. The molecule has 1 aromatic carbocycles. The number of ether oxygens (including phenoxy) is 1. The molecule has 0 bridgehead atoms. The van der Waals surface area contributed by atoms with Crippen molar-refractivity contribution in [3.63, 3.8) is 0 Å². The van der Waals surface area contributed by atoms with Crippen molar-refractivity contribution in [2.75, 3.05) is 36.8 Å². The first-order chi connectivity index (χ1) is 14.9. The van der Waals surface area contributed by atoms with Crippen molar-refractivity contribution in [3.05, 3.63) is 60.9 Å². The number of hydrogen-bond acceptors (Lipinski definition) is 6. The molecule has 0 saturated carbocycles. The molecule has 1 unspecified atom stereocenters. The van der Waals surface area contributed by atoms with Gasteiger partial charge in [-0.25, -0.2) is 9.19 Å². The van der Waals surface area contributed by atoms with Gasteiger partial charge >= 0.3 is 0 Å². The van der Waals surface area contributed by atoms with Crippen molar-refractivity contribution in [2.45, 2.75) is 0 Å². The highest BCUT2D eigenvalue weighted by atomic mass is 32.2. The summed E-state index contributed by atoms with van der Waals surface area (Å²) in [5, 5.41) is 4.22. The van der Waals surface area contributed by atoms with Crippen LogP contribution >= 0.6 is 0 Å². The molecule has 1 amide bonds. The Morgan fingerprint density at radius 3 is 2.87 bits per heavy atom. The fourth-order valence-corrected chi connectivity index (χ4v) is 4.37. The molecule has 1 aliphatic rings. The van der Waals surface area contributed by atoms with Crippen molar-refractivity contribution in [1.29, 1.82) is 0 Å². The van der Waals surface area contributed by atoms with Crippen LogP contribution in [0.25, 0.3) is 11.0 Å². The molecule has 0 spiro atoms. The van der Waals surface area contributed by atoms with E-state index in [2.05, 4.69) is 37.4 Å². The fourth-order valence-electron chi connectivity index (χ4n) is 3.46. The second-order valence-electron chi connectivity index (χ2n) is 7.30. The predicted octanol–water partition coefficient (Wildman–Crippen LogP) is 2.31. The van der Waals surface area contributed by atoms with Gasteiger partial charge in [-0.15, -0.1) is 6.58 Å². The minimum Gasteiger partial charge on any atom is -0.455 e. The Hall–Kier alpha value is -3.30. The Labute approximate surface area is 181 Å². The van der Waals surface area contributed by atoms with E-state index in [4.69, 9.17) is 4.74 Å². The summed E-state index contributed by atoms with van der Waals surface area (Å²) in [6, 6.07) is 9.14. The number of aromatic amines is 1. The zero-order chi connectivity index (χ0) is 21.8. The van der Waals surface area contributed by atoms with Crippen LogP contribution in [0, 0.1) is 0 Å². The van der Waals surface area contributed by atoms with Gasteiger partial charge in [-0.05, 0) is 30.1 Å². The number of piperazine rings is 1. The summed E-state index contributed by atoms with van der Waals surface area (Å²) in [5.74, 6) is 4.04. The van der Waals surface area contributed by atoms with Crippen molar-refractivity contribution in [2.24, 2.45) is 0 Å². The van der Waals surface area contributed by atoms with Gasteiger partial charge in [0.15, 0.2) is 0 Å². The maximum atomic E-state index is 12.9. The Kier molecular flexibility index (Phi) is 5.97. The van der Waals surface area contributed by atoms with Gasteiger partial charge in [0, 0.05) is 49.5 Å². The lowest BCUT2D eigenvalue weighted by Gasteiger charge is -2.30. The normalized spacial score (nSPS) is 15.9. The summed E-state index contributed by atoms with van der Waals surface area (Å²) < 4.78 is 21.1. The highest BCUT2D eigenvalue weighted by Crippen LogP contribution is 2.31. The van der Waals surface area contributed by atoms with Crippen molar-refractivity contribution in [3.8, 4) is 11.5 Å². The number of carbonyl (C=O) groups is 1. The molecule has 0 aliphatic carbocycles. The molecule has 3 aromatic rings. The van der Waals surface area contributed by atoms with Crippen LogP contribution in [0.2, 0.25) is 0 Å². The summed E-state index contributed by atoms with van der Waals surface area (Å²) in [5.41, 5.74) is 1.97. The van der Waals surface area contributed by atoms with E-state index in [9.17, 15) is 9.00 Å². The maximum Gasteiger partial charge on any atom is 0.266 e. The largest absolute Gasteiger partial charge is 0.455 e. The highest BCUT2D eigenvalue weighted by Gasteiger charge is 2.19. The van der Waals surface area contributed by atoms with Gasteiger partial charge in [0.25, 0.3) is 5.91 Å². The first kappa shape index (κ1) is 21.0. The molecule has 1 fully saturated rings. The lowest BCUT2D eigenvalue weighted by Crippen LogP contribution is -2.43. The van der Waals surface area contributed by atoms with Gasteiger partial charge in [-0.1, -0.05) is 6.08 Å². The molecule has 8 nitrogen and oxygen atoms in total. The molecule has 1 saturated heterocycles. The summed E-state index contributed by atoms with van der Waals surface area (Å²) in [4.78, 5) is 22.5. The van der Waals surface area contributed by atoms with E-state index in [1.807, 2.05) is 24.3 Å². The van der Waals surface area contributed by atoms with Crippen LogP contribution in [0.4, 0.5) is 5.69 Å². The Morgan fingerprint density at radius 2 is 2.10 bits per heavy atom. The summed E-state index contributed by atoms with van der Waals surface area (Å²) in [6.07, 6.45) is 4.87. The molecule has 3 N–H and O–H groups in total. The lowest BCUT2D eigenvalue weighted by molar-refractivity contribution is 0.0980. The van der Waals surface area contributed by atoms with E-state index in [-0.39, 0.29) is 11.3 Å². The van der Waals surface area contributed by atoms with Crippen LogP contribution < -0.4 is 19.7 Å². The number of aromatic nitrogens is 2. The Bertz CT molecular complexity index is 1210. The zero-order valence-electron chi connectivity index (χ0n) is 17.1. The third kappa shape index (κ3) is 4.89. The highest BCUT2D eigenvalue weighted by molar-refractivity contribution is 7.99. The van der Waals surface area contributed by atoms with Crippen LogP contribution in [0.3, 0.4) is 0 Å². The Balaban J connectivity index is 1.68. The minimum atomic E-state index is -2.83. The van der Waals surface area contributed by atoms with Crippen molar-refractivity contribution >= 4 is 38.2 Å². The van der Waals surface area contributed by atoms with Gasteiger partial charge in [-0.2, -0.15) is 0 Å². The molecule has 1 aliphatic heterocycles. The maximum absolute atomic E-state index is 12.9. The van der Waals surface area contributed by atoms with Crippen molar-refractivity contribution < 1.29 is 13.7 Å². The fraction of sp³-hybridized carbons (Fsp3) is 0.227. The minimum absolute atomic E-state index is 0.0852. The first-order valence-electron chi connectivity index (χ1n) is 9.94. The molecule has 162 valence electrons. The van der Waals surface area contributed by atoms with Gasteiger partial charge in [-0.3, -0.25) is 9.52 Å². The number of anilines is 1. The van der Waals surface area contributed by atoms with E-state index in [1.165, 1.54) is 6.08 Å². The number of carbonyl (C=O) groups excluding carboxylic acids is 1. The third-order valence-corrected chi connectivity index (χ3v) is 6.29. The van der Waals surface area contributed by atoms with E-state index >= 15 is 0 Å². The van der Waals surface area contributed by atoms with Gasteiger partial charge in [0.2, 0.25) is 0 Å². The smallest absolute Gasteiger partial charge is 0.266 e. The second kappa shape index (κ2) is 8.83. The zero-order valence-corrected chi connectivity index (χ0v) is 17.9. The second-order valence-corrected chi connectivity index (χ2v) is 9.47. The molecule has 0 radical (unpaired) electrons. The standard InChI is InChI=1S/C22H25N5O3S/c1-3-12-31(2,29)26-22(28)19-5-4-17(27-10-8-23-9-11-27)14-20(19)30-18-13-16-6-7-24-21(16)25-15-18/h3-7,13-15,23H,1-2,8-12H2,(H,24,25)(H,26,28,29). The number of amides is 1. The molecule has 1 atom stereocenters. The van der Waals surface area contributed by atoms with Crippen LogP contribution in [0.15, 0.2) is 55.4 Å². The average Bonchev–Trinajstić information content (AvgIpc) is 3.22. The number of H-pyrrole nitrogens is 1. The van der Waals surface area contributed by atoms with E-state index in [0.717, 1.165) is 42.9 Å². The van der Waals surface area contributed by atoms with Gasteiger partial charge in [0.05, 0.1) is 27.2 Å². The quantitative estimate of drug-likeness (QED) is 0.386. The van der Waals surface area contributed by atoms with Gasteiger partial charge in [0.1, 0.15) is 17.1 Å². The summed E-state index contributed by atoms with van der Waals surface area (Å²) >= 11 is 0. The van der Waals surface area contributed by atoms with Crippen molar-refractivity contribution in [1.82, 2.24) is 20.0 Å². The molecule has 2 aromatic heterocycles. The van der Waals surface area contributed by atoms with Crippen LogP contribution in [0.1, 0.15) is 10.4 Å². The molecular weight excluding hydrogens is 414 g/mol. The number of hydrogen-bond donors (Lipinski definition) is 3. The number of pyridine rings is 1. The number of rotatable bonds is 7. The summed E-state index contributed by atoms with van der Waals surface area (Å²) in [6.45, 7) is 7.05. The van der Waals surface area contributed by atoms with Crippen LogP contribution in [0.5, 0.6) is 11.5 Å². The topological polar surface area (TPSA) is 99.3 Å². The monoisotopic (exact) mass is 439 g/mol. The van der Waals surface area contributed by atoms with E-state index in [1.54, 1.807) is 18.5 Å². The number of fused-ring (bicyclic) bond motifs is 1. The van der Waals surface area contributed by atoms with E-state index in [0.29, 0.717) is 11.5 Å². The molecule has 4 rings (SSSR count). The van der Waals surface area contributed by atoms with Crippen LogP contribution in [-0.4, -0.2) is 57.9 Å². The number of benzene rings is 1. The SMILES string of the molecule is C=CCS(=C)(=O)NC(=O)c1ccc(N2CCNCC2)cc1Oc1cnc2[nH]ccc2c1. The van der Waals surface area contributed by atoms with Gasteiger partial charge < -0.3 is 19.9 Å². The lowest BCUT2D eigenvalue weighted by atomic mass is 10.1. The molecule has 3 heterocycles. The Morgan fingerprint density at radius 1 is 1.29 bits per heavy atom. The summed E-state index contributed by atoms with van der Waals surface area (Å²) in [7, 11) is -2.83. The third-order valence-electron chi connectivity index (χ3n) is 4.96. The van der Waals surface area contributed by atoms with E-state index < -0.39 is 15.6 Å².